The highest BCUT2D eigenvalue weighted by Gasteiger charge is 2.42. The molecule has 2 atom stereocenters. The number of nitrogens with one attached hydrogen (secondary N) is 1. The molecule has 0 unspecified atom stereocenters. The Balaban J connectivity index is 1.79. The quantitative estimate of drug-likeness (QED) is 0.588. The van der Waals surface area contributed by atoms with Gasteiger partial charge in [0.1, 0.15) is 5.75 Å². The van der Waals surface area contributed by atoms with Crippen LogP contribution in [0.1, 0.15) is 48.6 Å². The molecule has 1 N–H and O–H groups in total. The molecule has 156 valence electrons. The Bertz CT molecular complexity index is 1040. The summed E-state index contributed by atoms with van der Waals surface area (Å²) in [4.78, 5) is 6.83. The van der Waals surface area contributed by atoms with Gasteiger partial charge in [-0.25, -0.2) is 0 Å². The number of thiocarbonyl (C=S) groups is 1. The fourth-order valence-corrected chi connectivity index (χ4v) is 4.44. The van der Waals surface area contributed by atoms with Crippen molar-refractivity contribution in [3.63, 3.8) is 0 Å². The lowest BCUT2D eigenvalue weighted by atomic mass is 9.96. The lowest BCUT2D eigenvalue weighted by Gasteiger charge is -2.28. The van der Waals surface area contributed by atoms with E-state index in [4.69, 9.17) is 17.0 Å². The number of nitrogens with zero attached hydrogens (tertiary/aromatic N) is 3. The topological polar surface area (TPSA) is 42.3 Å². The van der Waals surface area contributed by atoms with Crippen LogP contribution in [0.25, 0.3) is 0 Å². The Hall–Kier alpha value is -2.86. The molecule has 1 aromatic carbocycles. The van der Waals surface area contributed by atoms with Crippen LogP contribution >= 0.6 is 12.2 Å². The number of hydrogen-bond donors (Lipinski definition) is 1. The molecule has 3 aromatic rings. The van der Waals surface area contributed by atoms with Crippen LogP contribution < -0.4 is 15.0 Å². The maximum Gasteiger partial charge on any atom is 0.174 e. The molecule has 6 heteroatoms. The van der Waals surface area contributed by atoms with Gasteiger partial charge in [-0.05, 0) is 87.9 Å². The molecule has 5 nitrogen and oxygen atoms in total. The van der Waals surface area contributed by atoms with E-state index < -0.39 is 0 Å². The number of rotatable bonds is 5. The summed E-state index contributed by atoms with van der Waals surface area (Å²) in [6, 6.07) is 16.4. The zero-order chi connectivity index (χ0) is 21.4. The van der Waals surface area contributed by atoms with Crippen molar-refractivity contribution in [2.75, 3.05) is 4.90 Å². The molecule has 0 spiro atoms. The lowest BCUT2D eigenvalue weighted by Crippen LogP contribution is -2.29. The van der Waals surface area contributed by atoms with Gasteiger partial charge in [0, 0.05) is 30.3 Å². The Kier molecular flexibility index (Phi) is 5.52. The molecule has 0 bridgehead atoms. The first-order valence-corrected chi connectivity index (χ1v) is 10.7. The van der Waals surface area contributed by atoms with E-state index in [1.165, 1.54) is 17.0 Å². The number of hydrogen-bond acceptors (Lipinski definition) is 3. The molecule has 1 aliphatic heterocycles. The molecule has 1 aliphatic rings. The normalized spacial score (nSPS) is 18.7. The summed E-state index contributed by atoms with van der Waals surface area (Å²) in [7, 11) is 2.10. The summed E-state index contributed by atoms with van der Waals surface area (Å²) in [5, 5.41) is 4.23. The highest BCUT2D eigenvalue weighted by Crippen LogP contribution is 2.43. The van der Waals surface area contributed by atoms with E-state index in [-0.39, 0.29) is 18.2 Å². The Morgan fingerprint density at radius 2 is 1.83 bits per heavy atom. The van der Waals surface area contributed by atoms with Gasteiger partial charge in [-0.2, -0.15) is 0 Å². The van der Waals surface area contributed by atoms with E-state index in [0.29, 0.717) is 5.11 Å². The van der Waals surface area contributed by atoms with Crippen LogP contribution in [0.3, 0.4) is 0 Å². The maximum atomic E-state index is 5.82. The minimum Gasteiger partial charge on any atom is -0.491 e. The van der Waals surface area contributed by atoms with E-state index in [0.717, 1.165) is 17.1 Å². The van der Waals surface area contributed by atoms with Crippen LogP contribution in [0, 0.1) is 13.8 Å². The summed E-state index contributed by atoms with van der Waals surface area (Å²) < 4.78 is 8.04. The molecular formula is C24H28N4OS. The first-order chi connectivity index (χ1) is 14.4. The Morgan fingerprint density at radius 3 is 2.40 bits per heavy atom. The molecule has 3 heterocycles. The van der Waals surface area contributed by atoms with Gasteiger partial charge in [0.05, 0.1) is 23.9 Å². The van der Waals surface area contributed by atoms with Gasteiger partial charge < -0.3 is 19.5 Å². The van der Waals surface area contributed by atoms with Crippen LogP contribution in [-0.4, -0.2) is 20.8 Å². The second kappa shape index (κ2) is 8.11. The first-order valence-electron chi connectivity index (χ1n) is 10.3. The monoisotopic (exact) mass is 420 g/mol. The Labute approximate surface area is 183 Å². The van der Waals surface area contributed by atoms with E-state index in [1.54, 1.807) is 0 Å². The summed E-state index contributed by atoms with van der Waals surface area (Å²) in [6.45, 7) is 8.36. The third-order valence-electron chi connectivity index (χ3n) is 5.72. The third-order valence-corrected chi connectivity index (χ3v) is 6.03. The van der Waals surface area contributed by atoms with E-state index in [1.807, 2.05) is 44.3 Å². The first kappa shape index (κ1) is 20.4. The van der Waals surface area contributed by atoms with Crippen LogP contribution in [0.4, 0.5) is 5.69 Å². The molecule has 0 radical (unpaired) electrons. The van der Waals surface area contributed by atoms with E-state index in [2.05, 4.69) is 64.9 Å². The van der Waals surface area contributed by atoms with Crippen molar-refractivity contribution in [1.82, 2.24) is 14.9 Å². The van der Waals surface area contributed by atoms with Crippen molar-refractivity contribution >= 4 is 23.0 Å². The van der Waals surface area contributed by atoms with Crippen molar-refractivity contribution in [2.24, 2.45) is 7.05 Å². The molecule has 30 heavy (non-hydrogen) atoms. The maximum absolute atomic E-state index is 5.82. The van der Waals surface area contributed by atoms with Gasteiger partial charge in [-0.3, -0.25) is 4.98 Å². The van der Waals surface area contributed by atoms with Gasteiger partial charge in [0.2, 0.25) is 0 Å². The van der Waals surface area contributed by atoms with Gasteiger partial charge in [0.15, 0.2) is 5.11 Å². The number of ether oxygens (including phenoxy) is 1. The van der Waals surface area contributed by atoms with E-state index >= 15 is 0 Å². The standard InChI is InChI=1S/C24H28N4OS/c1-15(2)29-19-11-9-18(10-12-19)28-23(20-14-16(3)27(5)17(20)4)22(26-24(28)30)21-8-6-7-13-25-21/h6-15,22-23H,1-5H3,(H,26,30)/t22-,23-/m1/s1. The third kappa shape index (κ3) is 3.67. The predicted molar refractivity (Wildman–Crippen MR) is 125 cm³/mol. The largest absolute Gasteiger partial charge is 0.491 e. The average molecular weight is 421 g/mol. The minimum absolute atomic E-state index is 0.00386. The molecule has 0 saturated carbocycles. The van der Waals surface area contributed by atoms with E-state index in [9.17, 15) is 0 Å². The van der Waals surface area contributed by atoms with Gasteiger partial charge in [-0.15, -0.1) is 0 Å². The second-order valence-corrected chi connectivity index (χ2v) is 8.43. The van der Waals surface area contributed by atoms with Crippen molar-refractivity contribution in [3.05, 3.63) is 77.4 Å². The number of pyridine rings is 1. The van der Waals surface area contributed by atoms with Crippen molar-refractivity contribution in [1.29, 1.82) is 0 Å². The lowest BCUT2D eigenvalue weighted by molar-refractivity contribution is 0.242. The highest BCUT2D eigenvalue weighted by molar-refractivity contribution is 7.80. The average Bonchev–Trinajstić information content (AvgIpc) is 3.20. The molecule has 2 aromatic heterocycles. The minimum atomic E-state index is -0.0363. The smallest absolute Gasteiger partial charge is 0.174 e. The van der Waals surface area contributed by atoms with Crippen molar-refractivity contribution < 1.29 is 4.74 Å². The number of aromatic nitrogens is 2. The van der Waals surface area contributed by atoms with Crippen LogP contribution in [0.2, 0.25) is 0 Å². The summed E-state index contributed by atoms with van der Waals surface area (Å²) in [5.41, 5.74) is 5.72. The van der Waals surface area contributed by atoms with Crippen LogP contribution in [0.5, 0.6) is 5.75 Å². The van der Waals surface area contributed by atoms with Gasteiger partial charge in [-0.1, -0.05) is 6.07 Å². The number of anilines is 1. The Morgan fingerprint density at radius 1 is 1.10 bits per heavy atom. The zero-order valence-corrected chi connectivity index (χ0v) is 18.9. The summed E-state index contributed by atoms with van der Waals surface area (Å²) in [6.07, 6.45) is 1.97. The second-order valence-electron chi connectivity index (χ2n) is 8.04. The fourth-order valence-electron chi connectivity index (χ4n) is 4.09. The van der Waals surface area contributed by atoms with Crippen molar-refractivity contribution in [2.45, 2.75) is 45.9 Å². The molecule has 0 amide bonds. The summed E-state index contributed by atoms with van der Waals surface area (Å²) >= 11 is 5.81. The fraction of sp³-hybridized carbons (Fsp3) is 0.333. The zero-order valence-electron chi connectivity index (χ0n) is 18.1. The molecular weight excluding hydrogens is 392 g/mol. The molecule has 1 saturated heterocycles. The number of aryl methyl sites for hydroxylation is 1. The molecule has 4 rings (SSSR count). The SMILES string of the molecule is Cc1cc([C@@H]2[C@@H](c3ccccn3)NC(=S)N2c2ccc(OC(C)C)cc2)c(C)n1C. The van der Waals surface area contributed by atoms with Crippen LogP contribution in [0.15, 0.2) is 54.7 Å². The molecule has 1 fully saturated rings. The molecule has 0 aliphatic carbocycles. The van der Waals surface area contributed by atoms with Crippen molar-refractivity contribution in [3.8, 4) is 5.75 Å². The van der Waals surface area contributed by atoms with Gasteiger partial charge in [0.25, 0.3) is 0 Å². The number of benzene rings is 1. The highest BCUT2D eigenvalue weighted by atomic mass is 32.1. The predicted octanol–water partition coefficient (Wildman–Crippen LogP) is 5.00. The summed E-state index contributed by atoms with van der Waals surface area (Å²) in [5.74, 6) is 0.858. The van der Waals surface area contributed by atoms with Gasteiger partial charge >= 0.3 is 0 Å². The van der Waals surface area contributed by atoms with Crippen LogP contribution in [-0.2, 0) is 7.05 Å².